The summed E-state index contributed by atoms with van der Waals surface area (Å²) < 4.78 is 0. The first-order chi connectivity index (χ1) is 17.6. The number of piperidine rings is 1. The molecule has 0 amide bonds. The Balaban J connectivity index is 0.000000165. The molecule has 1 N–H and O–H groups in total. The van der Waals surface area contributed by atoms with E-state index in [0.717, 1.165) is 41.8 Å². The molecule has 3 atom stereocenters. The lowest BCUT2D eigenvalue weighted by atomic mass is 9.76. The molecule has 2 bridgehead atoms. The highest BCUT2D eigenvalue weighted by molar-refractivity contribution is 6.08. The number of benzene rings is 4. The van der Waals surface area contributed by atoms with E-state index in [4.69, 9.17) is 0 Å². The summed E-state index contributed by atoms with van der Waals surface area (Å²) >= 11 is 0. The van der Waals surface area contributed by atoms with Gasteiger partial charge in [-0.05, 0) is 24.1 Å². The maximum absolute atomic E-state index is 12.8. The van der Waals surface area contributed by atoms with Crippen LogP contribution in [0.2, 0.25) is 0 Å². The predicted octanol–water partition coefficient (Wildman–Crippen LogP) is 5.11. The van der Waals surface area contributed by atoms with Crippen LogP contribution in [0.1, 0.15) is 33.5 Å². The van der Waals surface area contributed by atoms with Gasteiger partial charge in [-0.3, -0.25) is 14.5 Å². The third-order valence-electron chi connectivity index (χ3n) is 7.15. The maximum Gasteiger partial charge on any atom is 0.193 e. The van der Waals surface area contributed by atoms with Gasteiger partial charge in [0.15, 0.2) is 11.6 Å². The number of ketones is 2. The highest BCUT2D eigenvalue weighted by Crippen LogP contribution is 2.43. The normalized spacial score (nSPS) is 20.5. The van der Waals surface area contributed by atoms with E-state index in [1.54, 1.807) is 0 Å². The van der Waals surface area contributed by atoms with Crippen molar-refractivity contribution < 1.29 is 14.7 Å². The lowest BCUT2D eigenvalue weighted by Gasteiger charge is -2.39. The van der Waals surface area contributed by atoms with Crippen LogP contribution in [0.5, 0.6) is 0 Å². The lowest BCUT2D eigenvalue weighted by Crippen LogP contribution is -2.53. The minimum Gasteiger partial charge on any atom is -0.378 e. The zero-order valence-corrected chi connectivity index (χ0v) is 20.0. The van der Waals surface area contributed by atoms with Gasteiger partial charge >= 0.3 is 0 Å². The molecule has 2 aliphatic rings. The molecule has 2 saturated heterocycles. The van der Waals surface area contributed by atoms with Gasteiger partial charge in [0.2, 0.25) is 0 Å². The summed E-state index contributed by atoms with van der Waals surface area (Å²) in [7, 11) is 0. The monoisotopic (exact) mass is 475 g/mol. The molecule has 36 heavy (non-hydrogen) atoms. The third kappa shape index (κ3) is 4.53. The Morgan fingerprint density at radius 3 is 1.50 bits per heavy atom. The van der Waals surface area contributed by atoms with Crippen LogP contribution >= 0.6 is 0 Å². The second-order valence-electron chi connectivity index (χ2n) is 9.35. The van der Waals surface area contributed by atoms with Crippen molar-refractivity contribution in [2.75, 3.05) is 13.1 Å². The van der Waals surface area contributed by atoms with E-state index in [-0.39, 0.29) is 17.5 Å². The fourth-order valence-corrected chi connectivity index (χ4v) is 5.34. The SMILES string of the molecule is O=C(c1ccccc1)c1ccccc1.O=C1C2CCN(C2)C1C(O)(c1ccccc1)c1ccccc1. The van der Waals surface area contributed by atoms with Crippen molar-refractivity contribution in [1.29, 1.82) is 0 Å². The molecule has 0 spiro atoms. The summed E-state index contributed by atoms with van der Waals surface area (Å²) in [6.07, 6.45) is 0.926. The molecular formula is C32H29NO3. The molecule has 4 aromatic carbocycles. The van der Waals surface area contributed by atoms with Gasteiger partial charge in [0, 0.05) is 23.6 Å². The molecule has 4 nitrogen and oxygen atoms in total. The molecule has 2 aliphatic heterocycles. The number of aliphatic hydroxyl groups is 1. The summed E-state index contributed by atoms with van der Waals surface area (Å²) in [4.78, 5) is 26.8. The van der Waals surface area contributed by atoms with Gasteiger partial charge in [-0.25, -0.2) is 0 Å². The maximum atomic E-state index is 12.8. The van der Waals surface area contributed by atoms with Gasteiger partial charge in [-0.2, -0.15) is 0 Å². The highest BCUT2D eigenvalue weighted by Gasteiger charge is 2.56. The van der Waals surface area contributed by atoms with E-state index in [1.165, 1.54) is 0 Å². The van der Waals surface area contributed by atoms with Gasteiger partial charge in [0.05, 0.1) is 0 Å². The van der Waals surface area contributed by atoms with Gasteiger partial charge in [-0.15, -0.1) is 0 Å². The first kappa shape index (κ1) is 23.9. The molecule has 4 heteroatoms. The highest BCUT2D eigenvalue weighted by atomic mass is 16.3. The summed E-state index contributed by atoms with van der Waals surface area (Å²) in [6.45, 7) is 1.68. The number of carbonyl (C=O) groups excluding carboxylic acids is 2. The van der Waals surface area contributed by atoms with Gasteiger partial charge in [0.25, 0.3) is 0 Å². The fraction of sp³-hybridized carbons (Fsp3) is 0.188. The largest absolute Gasteiger partial charge is 0.378 e. The Bertz CT molecular complexity index is 1230. The molecule has 0 radical (unpaired) electrons. The van der Waals surface area contributed by atoms with E-state index >= 15 is 0 Å². The van der Waals surface area contributed by atoms with Crippen LogP contribution in [0.25, 0.3) is 0 Å². The van der Waals surface area contributed by atoms with Crippen molar-refractivity contribution in [2.24, 2.45) is 5.92 Å². The quantitative estimate of drug-likeness (QED) is 0.408. The van der Waals surface area contributed by atoms with Crippen molar-refractivity contribution in [3.05, 3.63) is 144 Å². The van der Waals surface area contributed by atoms with Crippen molar-refractivity contribution in [3.63, 3.8) is 0 Å². The van der Waals surface area contributed by atoms with E-state index in [1.807, 2.05) is 121 Å². The molecule has 2 heterocycles. The predicted molar refractivity (Wildman–Crippen MR) is 141 cm³/mol. The number of carbonyl (C=O) groups is 2. The number of Topliss-reactive ketones (excluding diaryl/α,β-unsaturated/α-hetero) is 1. The van der Waals surface area contributed by atoms with Crippen LogP contribution in [-0.4, -0.2) is 40.7 Å². The third-order valence-corrected chi connectivity index (χ3v) is 7.15. The van der Waals surface area contributed by atoms with Crippen molar-refractivity contribution in [2.45, 2.75) is 18.1 Å². The molecule has 0 aliphatic carbocycles. The Labute approximate surface area is 211 Å². The zero-order chi connectivity index (χ0) is 25.0. The average molecular weight is 476 g/mol. The Hall–Kier alpha value is -3.86. The number of fused-ring (bicyclic) bond motifs is 2. The Morgan fingerprint density at radius 1 is 0.694 bits per heavy atom. The molecule has 0 saturated carbocycles. The number of nitrogens with zero attached hydrogens (tertiary/aromatic N) is 1. The van der Waals surface area contributed by atoms with E-state index in [0.29, 0.717) is 0 Å². The molecule has 0 aromatic heterocycles. The standard InChI is InChI=1S/C19H19NO2.C13H10O/c21-17-14-11-12-20(13-14)18(17)19(22,15-7-3-1-4-8-15)16-9-5-2-6-10-16;14-13(11-7-3-1-4-8-11)12-9-5-2-6-10-12/h1-10,14,18,22H,11-13H2;1-10H. The Morgan fingerprint density at radius 2 is 1.11 bits per heavy atom. The van der Waals surface area contributed by atoms with Crippen LogP contribution in [0, 0.1) is 5.92 Å². The molecule has 3 unspecified atom stereocenters. The first-order valence-corrected chi connectivity index (χ1v) is 12.3. The lowest BCUT2D eigenvalue weighted by molar-refractivity contribution is -0.131. The second kappa shape index (κ2) is 10.4. The van der Waals surface area contributed by atoms with Crippen molar-refractivity contribution in [3.8, 4) is 0 Å². The zero-order valence-electron chi connectivity index (χ0n) is 20.0. The minimum absolute atomic E-state index is 0.0752. The molecular weight excluding hydrogens is 446 g/mol. The van der Waals surface area contributed by atoms with E-state index in [9.17, 15) is 14.7 Å². The number of rotatable bonds is 5. The van der Waals surface area contributed by atoms with Crippen molar-refractivity contribution in [1.82, 2.24) is 4.90 Å². The van der Waals surface area contributed by atoms with Crippen LogP contribution in [0.15, 0.2) is 121 Å². The topological polar surface area (TPSA) is 57.6 Å². The van der Waals surface area contributed by atoms with Crippen LogP contribution < -0.4 is 0 Å². The number of hydrogen-bond donors (Lipinski definition) is 1. The van der Waals surface area contributed by atoms with Crippen LogP contribution in [0.4, 0.5) is 0 Å². The van der Waals surface area contributed by atoms with Gasteiger partial charge in [-0.1, -0.05) is 121 Å². The van der Waals surface area contributed by atoms with Gasteiger partial charge < -0.3 is 5.11 Å². The molecule has 4 aromatic rings. The molecule has 2 fully saturated rings. The van der Waals surface area contributed by atoms with E-state index < -0.39 is 11.6 Å². The summed E-state index contributed by atoms with van der Waals surface area (Å²) in [5.74, 6) is 0.344. The van der Waals surface area contributed by atoms with Crippen LogP contribution in [0.3, 0.4) is 0 Å². The first-order valence-electron chi connectivity index (χ1n) is 12.3. The second-order valence-corrected chi connectivity index (χ2v) is 9.35. The smallest absolute Gasteiger partial charge is 0.193 e. The minimum atomic E-state index is -1.28. The van der Waals surface area contributed by atoms with Crippen LogP contribution in [-0.2, 0) is 10.4 Å². The summed E-state index contributed by atoms with van der Waals surface area (Å²) in [5, 5.41) is 11.7. The average Bonchev–Trinajstić information content (AvgIpc) is 3.56. The summed E-state index contributed by atoms with van der Waals surface area (Å²) in [6, 6.07) is 37.3. The fourth-order valence-electron chi connectivity index (χ4n) is 5.34. The van der Waals surface area contributed by atoms with Crippen molar-refractivity contribution >= 4 is 11.6 Å². The summed E-state index contributed by atoms with van der Waals surface area (Å²) in [5.41, 5.74) is 1.76. The Kier molecular flexibility index (Phi) is 6.90. The van der Waals surface area contributed by atoms with Gasteiger partial charge in [0.1, 0.15) is 11.6 Å². The molecule has 180 valence electrons. The van der Waals surface area contributed by atoms with E-state index in [2.05, 4.69) is 4.90 Å². The molecule has 6 rings (SSSR count). The number of hydrogen-bond acceptors (Lipinski definition) is 4.